The van der Waals surface area contributed by atoms with Crippen molar-refractivity contribution in [2.45, 2.75) is 0 Å². The van der Waals surface area contributed by atoms with Crippen LogP contribution in [0.2, 0.25) is 0 Å². The predicted molar refractivity (Wildman–Crippen MR) is 392 cm³/mol. The molecule has 12 heterocycles. The van der Waals surface area contributed by atoms with Gasteiger partial charge in [0.05, 0.1) is 35.0 Å². The molecule has 0 spiro atoms. The summed E-state index contributed by atoms with van der Waals surface area (Å²) in [5.74, 6) is -13.9. The molecule has 12 aromatic heterocycles. The fraction of sp³-hybridized carbons (Fsp3) is 0. The molecule has 12 aromatic rings. The average molecular weight is 1790 g/mol. The van der Waals surface area contributed by atoms with Crippen LogP contribution in [0.15, 0.2) is 281 Å². The SMILES string of the molecule is O=C(O)c1cc(=O)cc[nH]1.O=C(O)c1cc(=O)cc[nH]1.O=C(O)c1cc(=O)cc[nH]1.O=C(O)c1cc(=O)cc[nH]1.O=C(O)c1cc(=O)cc[nH]1.O=C(O)c1cc(=O)cc[nH]1.O=C(O)c1cc(=O)cc[nH]1.O=C(O)c1cc(=O)cc[nH]1.O=C(O)c1cc(=O)cc[nH]1.O=C([O-])c1ccccn1.O=C([O-])c1ccccn1.O=C([O-])c1ccccn1.[Er+3]. The Morgan fingerprint density at radius 3 is 0.390 bits per heavy atom. The van der Waals surface area contributed by atoms with E-state index in [1.807, 2.05) is 0 Å². The number of hydrogen-bond donors (Lipinski definition) is 18. The van der Waals surface area contributed by atoms with Gasteiger partial charge in [0, 0.05) is 184 Å². The minimum Gasteiger partial charge on any atom is -0.543 e. The summed E-state index contributed by atoms with van der Waals surface area (Å²) in [7, 11) is 0. The molecule has 12 rings (SSSR count). The van der Waals surface area contributed by atoms with E-state index in [2.05, 4.69) is 59.8 Å². The molecule has 45 nitrogen and oxygen atoms in total. The number of carbonyl (C=O) groups excluding carboxylic acids is 3. The van der Waals surface area contributed by atoms with E-state index in [9.17, 15) is 116 Å². The quantitative estimate of drug-likeness (QED) is 0.0697. The van der Waals surface area contributed by atoms with Crippen molar-refractivity contribution < 1.29 is 156 Å². The van der Waals surface area contributed by atoms with Crippen LogP contribution in [-0.2, 0) is 0 Å². The second-order valence-corrected chi connectivity index (χ2v) is 20.2. The van der Waals surface area contributed by atoms with Crippen LogP contribution < -0.4 is 64.2 Å². The Hall–Kier alpha value is -17.1. The van der Waals surface area contributed by atoms with Crippen molar-refractivity contribution in [3.05, 3.63) is 398 Å². The topological polar surface area (TPSA) is 791 Å². The zero-order valence-electron chi connectivity index (χ0n) is 59.0. The summed E-state index contributed by atoms with van der Waals surface area (Å²) in [5.41, 5.74) is -3.68. The van der Waals surface area contributed by atoms with Gasteiger partial charge in [-0.15, -0.1) is 0 Å². The molecule has 46 heteroatoms. The number of carbonyl (C=O) groups is 12. The Morgan fingerprint density at radius 2 is 0.331 bits per heavy atom. The summed E-state index contributed by atoms with van der Waals surface area (Å²) in [5, 5.41) is 105. The molecule has 118 heavy (non-hydrogen) atoms. The molecule has 0 unspecified atom stereocenters. The summed E-state index contributed by atoms with van der Waals surface area (Å²) in [6, 6.07) is 34.5. The number of H-pyrrole nitrogens is 9. The fourth-order valence-corrected chi connectivity index (χ4v) is 6.57. The number of carboxylic acids is 12. The first-order valence-corrected chi connectivity index (χ1v) is 30.9. The number of hydrogen-bond acceptors (Lipinski definition) is 27. The van der Waals surface area contributed by atoms with E-state index in [-0.39, 0.29) is 154 Å². The van der Waals surface area contributed by atoms with Crippen molar-refractivity contribution in [3.8, 4) is 0 Å². The molecule has 1 radical (unpaired) electrons. The number of pyridine rings is 12. The minimum atomic E-state index is -1.24. The Balaban J connectivity index is 0.00000126. The third-order valence-electron chi connectivity index (χ3n) is 11.7. The van der Waals surface area contributed by atoms with Gasteiger partial charge in [0.2, 0.25) is 0 Å². The van der Waals surface area contributed by atoms with Gasteiger partial charge in [-0.25, -0.2) is 43.2 Å². The molecule has 0 amide bonds. The second-order valence-electron chi connectivity index (χ2n) is 20.2. The van der Waals surface area contributed by atoms with E-state index in [4.69, 9.17) is 46.0 Å². The first-order chi connectivity index (χ1) is 55.2. The monoisotopic (exact) mass is 1780 g/mol. The molecule has 0 aliphatic heterocycles. The van der Waals surface area contributed by atoms with E-state index >= 15 is 0 Å². The van der Waals surface area contributed by atoms with Crippen LogP contribution in [0.1, 0.15) is 126 Å². The van der Waals surface area contributed by atoms with E-state index in [1.165, 1.54) is 147 Å². The van der Waals surface area contributed by atoms with Crippen LogP contribution >= 0.6 is 0 Å². The van der Waals surface area contributed by atoms with Crippen LogP contribution in [0.3, 0.4) is 0 Å². The van der Waals surface area contributed by atoms with E-state index in [0.717, 1.165) is 54.6 Å². The largest absolute Gasteiger partial charge is 3.00 e. The van der Waals surface area contributed by atoms with Crippen molar-refractivity contribution in [1.82, 2.24) is 59.8 Å². The standard InChI is InChI=1S/9C6H5NO3.3C6H5NO2.Er/c9*8-4-1-2-7-5(3-4)6(9)10;3*8-6(9)5-3-1-2-4-7-5;/h9*1-3H,(H,7,8)(H,9,10);3*1-4H,(H,8,9);/q;;;;;;;;;;;;+3/p-3. The van der Waals surface area contributed by atoms with Gasteiger partial charge in [0.15, 0.2) is 48.9 Å². The Bertz CT molecular complexity index is 4900. The van der Waals surface area contributed by atoms with Gasteiger partial charge in [-0.1, -0.05) is 18.2 Å². The second kappa shape index (κ2) is 55.3. The van der Waals surface area contributed by atoms with Crippen molar-refractivity contribution >= 4 is 71.6 Å². The first-order valence-electron chi connectivity index (χ1n) is 30.9. The maximum absolute atomic E-state index is 10.5. The number of aromatic nitrogens is 12. The molecule has 0 atom stereocenters. The summed E-state index contributed by atoms with van der Waals surface area (Å²) < 4.78 is 0. The molecular formula is C72H57ErN12O33. The zero-order valence-corrected chi connectivity index (χ0v) is 60.8. The Kier molecular flexibility index (Phi) is 47.3. The van der Waals surface area contributed by atoms with Crippen LogP contribution in [0.4, 0.5) is 0 Å². The van der Waals surface area contributed by atoms with Crippen LogP contribution in [0.25, 0.3) is 0 Å². The third kappa shape index (κ3) is 45.1. The first kappa shape index (κ1) is 101. The van der Waals surface area contributed by atoms with Gasteiger partial charge in [-0.2, -0.15) is 0 Å². The van der Waals surface area contributed by atoms with Gasteiger partial charge in [0.1, 0.15) is 51.2 Å². The molecule has 0 aliphatic carbocycles. The normalized spacial score (nSPS) is 9.05. The molecule has 0 aliphatic rings. The van der Waals surface area contributed by atoms with Crippen LogP contribution in [-0.4, -0.2) is 177 Å². The number of rotatable bonds is 12. The molecule has 18 N–H and O–H groups in total. The molecule has 615 valence electrons. The van der Waals surface area contributed by atoms with Crippen molar-refractivity contribution in [2.75, 3.05) is 0 Å². The number of aromatic carboxylic acids is 12. The number of aromatic amines is 9. The number of nitrogens with zero attached hydrogens (tertiary/aromatic N) is 3. The fourth-order valence-electron chi connectivity index (χ4n) is 6.57. The van der Waals surface area contributed by atoms with Crippen molar-refractivity contribution in [1.29, 1.82) is 0 Å². The van der Waals surface area contributed by atoms with E-state index < -0.39 is 71.6 Å². The molecular weight excluding hydrogens is 1730 g/mol. The summed E-state index contributed by atoms with van der Waals surface area (Å²) in [6.45, 7) is 0. The summed E-state index contributed by atoms with van der Waals surface area (Å²) in [4.78, 5) is 249. The average Bonchev–Trinajstić information content (AvgIpc) is 0.945. The maximum Gasteiger partial charge on any atom is 3.00 e. The van der Waals surface area contributed by atoms with E-state index in [1.54, 1.807) is 36.4 Å². The van der Waals surface area contributed by atoms with Crippen molar-refractivity contribution in [2.24, 2.45) is 0 Å². The smallest absolute Gasteiger partial charge is 0.543 e. The molecule has 0 saturated carbocycles. The predicted octanol–water partition coefficient (Wildman–Crippen LogP) is -1.01. The molecule has 0 bridgehead atoms. The Morgan fingerprint density at radius 1 is 0.212 bits per heavy atom. The van der Waals surface area contributed by atoms with Gasteiger partial charge in [0.25, 0.3) is 0 Å². The van der Waals surface area contributed by atoms with Crippen LogP contribution in [0, 0.1) is 37.3 Å². The zero-order chi connectivity index (χ0) is 88.1. The Labute approximate surface area is 682 Å². The van der Waals surface area contributed by atoms with Gasteiger partial charge in [-0.3, -0.25) is 58.1 Å². The number of carboxylic acid groups (broad SMARTS) is 12. The molecule has 0 aromatic carbocycles. The molecule has 0 saturated heterocycles. The maximum atomic E-state index is 10.5. The third-order valence-corrected chi connectivity index (χ3v) is 11.7. The summed E-state index contributed by atoms with van der Waals surface area (Å²) >= 11 is 0. The minimum absolute atomic E-state index is 0. The van der Waals surface area contributed by atoms with Gasteiger partial charge >= 0.3 is 91.0 Å². The van der Waals surface area contributed by atoms with Crippen LogP contribution in [0.5, 0.6) is 0 Å². The van der Waals surface area contributed by atoms with Gasteiger partial charge < -0.3 is 121 Å². The summed E-state index contributed by atoms with van der Waals surface area (Å²) in [6.07, 6.45) is 15.9. The van der Waals surface area contributed by atoms with E-state index in [0.29, 0.717) is 0 Å². The van der Waals surface area contributed by atoms with Gasteiger partial charge in [-0.05, 0) is 36.4 Å². The number of nitrogens with one attached hydrogen (secondary N) is 9. The van der Waals surface area contributed by atoms with Crippen molar-refractivity contribution in [3.63, 3.8) is 0 Å². The molecule has 0 fully saturated rings.